The molecular weight excluding hydrogens is 344 g/mol. The highest BCUT2D eigenvalue weighted by molar-refractivity contribution is 7.99. The van der Waals surface area contributed by atoms with Crippen molar-refractivity contribution in [2.75, 3.05) is 11.1 Å². The van der Waals surface area contributed by atoms with Crippen molar-refractivity contribution in [2.45, 2.75) is 5.16 Å². The van der Waals surface area contributed by atoms with Gasteiger partial charge in [0.25, 0.3) is 5.69 Å². The van der Waals surface area contributed by atoms with Crippen LogP contribution in [0.25, 0.3) is 11.5 Å². The van der Waals surface area contributed by atoms with Crippen LogP contribution in [0.2, 0.25) is 0 Å². The summed E-state index contributed by atoms with van der Waals surface area (Å²) in [6.07, 6.45) is 3.14. The predicted octanol–water partition coefficient (Wildman–Crippen LogP) is 3.38. The molecule has 0 fully saturated rings. The zero-order valence-electron chi connectivity index (χ0n) is 12.8. The molecule has 9 heteroatoms. The topological polar surface area (TPSA) is 111 Å². The molecule has 8 nitrogen and oxygen atoms in total. The fourth-order valence-corrected chi connectivity index (χ4v) is 2.63. The third-order valence-corrected chi connectivity index (χ3v) is 3.94. The van der Waals surface area contributed by atoms with Crippen LogP contribution in [0.15, 0.2) is 64.5 Å². The number of thioether (sulfide) groups is 1. The van der Waals surface area contributed by atoms with E-state index in [1.807, 2.05) is 0 Å². The minimum absolute atomic E-state index is 0.0737. The number of nitrogens with one attached hydrogen (secondary N) is 1. The van der Waals surface area contributed by atoms with Gasteiger partial charge in [0.2, 0.25) is 5.91 Å². The van der Waals surface area contributed by atoms with Crippen LogP contribution in [0.5, 0.6) is 0 Å². The van der Waals surface area contributed by atoms with E-state index in [9.17, 15) is 14.9 Å². The summed E-state index contributed by atoms with van der Waals surface area (Å²) in [6.45, 7) is 0. The van der Waals surface area contributed by atoms with Gasteiger partial charge in [0.05, 0.1) is 16.9 Å². The summed E-state index contributed by atoms with van der Waals surface area (Å²) in [5.41, 5.74) is 0.909. The Bertz CT molecular complexity index is 899. The maximum Gasteiger partial charge on any atom is 0.271 e. The molecule has 3 rings (SSSR count). The smallest absolute Gasteiger partial charge is 0.271 e. The van der Waals surface area contributed by atoms with Gasteiger partial charge >= 0.3 is 0 Å². The van der Waals surface area contributed by atoms with Crippen molar-refractivity contribution in [3.05, 3.63) is 65.0 Å². The van der Waals surface area contributed by atoms with E-state index in [2.05, 4.69) is 15.3 Å². The van der Waals surface area contributed by atoms with Crippen molar-refractivity contribution in [1.82, 2.24) is 9.97 Å². The number of nitro benzene ring substituents is 1. The average molecular weight is 356 g/mol. The molecule has 1 amide bonds. The van der Waals surface area contributed by atoms with E-state index in [1.165, 1.54) is 18.2 Å². The van der Waals surface area contributed by atoms with E-state index in [0.29, 0.717) is 22.3 Å². The molecule has 0 aliphatic rings. The average Bonchev–Trinajstić information content (AvgIpc) is 3.15. The first-order valence-electron chi connectivity index (χ1n) is 7.16. The molecule has 2 heterocycles. The minimum Gasteiger partial charge on any atom is -0.463 e. The number of anilines is 1. The third kappa shape index (κ3) is 4.42. The van der Waals surface area contributed by atoms with Crippen LogP contribution in [0.3, 0.4) is 0 Å². The van der Waals surface area contributed by atoms with E-state index in [4.69, 9.17) is 4.42 Å². The van der Waals surface area contributed by atoms with E-state index >= 15 is 0 Å². The normalized spacial score (nSPS) is 10.4. The van der Waals surface area contributed by atoms with E-state index in [0.717, 1.165) is 11.8 Å². The first-order valence-corrected chi connectivity index (χ1v) is 8.14. The largest absolute Gasteiger partial charge is 0.463 e. The lowest BCUT2D eigenvalue weighted by molar-refractivity contribution is -0.384. The summed E-state index contributed by atoms with van der Waals surface area (Å²) in [5.74, 6) is 0.382. The Morgan fingerprint density at radius 3 is 2.92 bits per heavy atom. The number of hydrogen-bond donors (Lipinski definition) is 1. The number of amides is 1. The zero-order chi connectivity index (χ0) is 17.6. The van der Waals surface area contributed by atoms with Crippen LogP contribution in [0.4, 0.5) is 11.4 Å². The molecule has 0 aliphatic carbocycles. The Kier molecular flexibility index (Phi) is 5.05. The lowest BCUT2D eigenvalue weighted by Crippen LogP contribution is -2.14. The number of non-ortho nitro benzene ring substituents is 1. The molecule has 0 aliphatic heterocycles. The van der Waals surface area contributed by atoms with E-state index in [1.54, 1.807) is 36.7 Å². The molecule has 0 saturated heterocycles. The van der Waals surface area contributed by atoms with Gasteiger partial charge in [-0.1, -0.05) is 17.8 Å². The number of furan rings is 1. The van der Waals surface area contributed by atoms with Gasteiger partial charge in [0, 0.05) is 24.0 Å². The second-order valence-electron chi connectivity index (χ2n) is 4.85. The second-order valence-corrected chi connectivity index (χ2v) is 5.79. The molecule has 3 aromatic rings. The Balaban J connectivity index is 1.60. The van der Waals surface area contributed by atoms with E-state index in [-0.39, 0.29) is 17.3 Å². The van der Waals surface area contributed by atoms with Crippen LogP contribution >= 0.6 is 11.8 Å². The number of hydrogen-bond acceptors (Lipinski definition) is 7. The lowest BCUT2D eigenvalue weighted by atomic mass is 10.3. The summed E-state index contributed by atoms with van der Waals surface area (Å²) in [4.78, 5) is 30.7. The van der Waals surface area contributed by atoms with Crippen molar-refractivity contribution < 1.29 is 14.1 Å². The van der Waals surface area contributed by atoms with Crippen molar-refractivity contribution in [1.29, 1.82) is 0 Å². The van der Waals surface area contributed by atoms with Crippen molar-refractivity contribution in [3.63, 3.8) is 0 Å². The molecule has 0 unspecified atom stereocenters. The van der Waals surface area contributed by atoms with Gasteiger partial charge in [0.1, 0.15) is 5.69 Å². The number of carbonyl (C=O) groups is 1. The van der Waals surface area contributed by atoms with Crippen LogP contribution in [-0.4, -0.2) is 26.6 Å². The standard InChI is InChI=1S/C16H12N4O4S/c21-15(18-11-3-1-4-12(9-11)20(22)23)10-25-16-17-7-6-13(19-16)14-5-2-8-24-14/h1-9H,10H2,(H,18,21). The molecule has 0 spiro atoms. The number of nitrogens with zero attached hydrogens (tertiary/aromatic N) is 3. The maximum absolute atomic E-state index is 12.0. The predicted molar refractivity (Wildman–Crippen MR) is 92.2 cm³/mol. The summed E-state index contributed by atoms with van der Waals surface area (Å²) >= 11 is 1.16. The molecule has 1 N–H and O–H groups in total. The quantitative estimate of drug-likeness (QED) is 0.312. The molecular formula is C16H12N4O4S. The Hall–Kier alpha value is -3.20. The van der Waals surface area contributed by atoms with Gasteiger partial charge in [0.15, 0.2) is 10.9 Å². The summed E-state index contributed by atoms with van der Waals surface area (Å²) in [6, 6.07) is 11.0. The summed E-state index contributed by atoms with van der Waals surface area (Å²) in [5, 5.41) is 13.8. The number of aromatic nitrogens is 2. The van der Waals surface area contributed by atoms with Gasteiger partial charge in [-0.15, -0.1) is 0 Å². The maximum atomic E-state index is 12.0. The highest BCUT2D eigenvalue weighted by Crippen LogP contribution is 2.21. The third-order valence-electron chi connectivity index (χ3n) is 3.08. The molecule has 1 aromatic carbocycles. The highest BCUT2D eigenvalue weighted by atomic mass is 32.2. The zero-order valence-corrected chi connectivity index (χ0v) is 13.6. The molecule has 0 atom stereocenters. The molecule has 25 heavy (non-hydrogen) atoms. The number of carbonyl (C=O) groups excluding carboxylic acids is 1. The Morgan fingerprint density at radius 1 is 1.28 bits per heavy atom. The van der Waals surface area contributed by atoms with E-state index < -0.39 is 4.92 Å². The minimum atomic E-state index is -0.515. The van der Waals surface area contributed by atoms with Crippen molar-refractivity contribution in [3.8, 4) is 11.5 Å². The highest BCUT2D eigenvalue weighted by Gasteiger charge is 2.10. The van der Waals surface area contributed by atoms with Crippen LogP contribution < -0.4 is 5.32 Å². The fourth-order valence-electron chi connectivity index (χ4n) is 2.00. The first-order chi connectivity index (χ1) is 12.1. The van der Waals surface area contributed by atoms with Crippen LogP contribution in [-0.2, 0) is 4.79 Å². The first kappa shape index (κ1) is 16.7. The molecule has 2 aromatic heterocycles. The molecule has 0 saturated carbocycles. The van der Waals surface area contributed by atoms with Gasteiger partial charge in [-0.3, -0.25) is 14.9 Å². The monoisotopic (exact) mass is 356 g/mol. The Morgan fingerprint density at radius 2 is 2.16 bits per heavy atom. The van der Waals surface area contributed by atoms with Crippen LogP contribution in [0.1, 0.15) is 0 Å². The number of nitro groups is 1. The Labute approximate surface area is 146 Å². The lowest BCUT2D eigenvalue weighted by Gasteiger charge is -2.05. The number of rotatable bonds is 6. The van der Waals surface area contributed by atoms with Crippen LogP contribution in [0, 0.1) is 10.1 Å². The second kappa shape index (κ2) is 7.58. The van der Waals surface area contributed by atoms with Gasteiger partial charge < -0.3 is 9.73 Å². The van der Waals surface area contributed by atoms with Gasteiger partial charge in [-0.05, 0) is 24.3 Å². The van der Waals surface area contributed by atoms with Gasteiger partial charge in [-0.25, -0.2) is 9.97 Å². The molecule has 0 radical (unpaired) electrons. The fraction of sp³-hybridized carbons (Fsp3) is 0.0625. The number of benzene rings is 1. The molecule has 126 valence electrons. The van der Waals surface area contributed by atoms with Gasteiger partial charge in [-0.2, -0.15) is 0 Å². The summed E-state index contributed by atoms with van der Waals surface area (Å²) in [7, 11) is 0. The van der Waals surface area contributed by atoms with Crippen molar-refractivity contribution >= 4 is 29.0 Å². The molecule has 0 bridgehead atoms. The SMILES string of the molecule is O=C(CSc1nccc(-c2ccco2)n1)Nc1cccc([N+](=O)[O-])c1. The summed E-state index contributed by atoms with van der Waals surface area (Å²) < 4.78 is 5.28. The van der Waals surface area contributed by atoms with Crippen molar-refractivity contribution in [2.24, 2.45) is 0 Å².